The summed E-state index contributed by atoms with van der Waals surface area (Å²) in [5.74, 6) is 1.34. The van der Waals surface area contributed by atoms with E-state index in [1.807, 2.05) is 19.1 Å². The van der Waals surface area contributed by atoms with Crippen LogP contribution in [0.1, 0.15) is 23.4 Å². The highest BCUT2D eigenvalue weighted by molar-refractivity contribution is 6.28. The molecule has 3 aromatic heterocycles. The van der Waals surface area contributed by atoms with E-state index >= 15 is 0 Å². The molecule has 0 radical (unpaired) electrons. The smallest absolute Gasteiger partial charge is 0.345 e. The first kappa shape index (κ1) is 17.6. The monoisotopic (exact) mass is 370 g/mol. The quantitative estimate of drug-likeness (QED) is 0.605. The van der Waals surface area contributed by atoms with Crippen molar-refractivity contribution in [2.45, 2.75) is 32.9 Å². The topological polar surface area (TPSA) is 64.6 Å². The molecule has 25 heavy (non-hydrogen) atoms. The third-order valence-electron chi connectivity index (χ3n) is 3.80. The SMILES string of the molecule is Cc1c(CCCOC(F)F)cc2c(NCc3ccco3)nc(Cl)nn12. The van der Waals surface area contributed by atoms with E-state index in [1.165, 1.54) is 0 Å². The Kier molecular flexibility index (Phi) is 5.50. The molecular formula is C16H17ClF2N4O2. The van der Waals surface area contributed by atoms with E-state index in [0.29, 0.717) is 25.2 Å². The predicted molar refractivity (Wildman–Crippen MR) is 89.0 cm³/mol. The Hall–Kier alpha value is -2.19. The zero-order valence-electron chi connectivity index (χ0n) is 13.5. The molecule has 1 N–H and O–H groups in total. The minimum atomic E-state index is -2.74. The zero-order chi connectivity index (χ0) is 17.8. The van der Waals surface area contributed by atoms with E-state index in [0.717, 1.165) is 22.5 Å². The van der Waals surface area contributed by atoms with Gasteiger partial charge in [0.15, 0.2) is 5.82 Å². The minimum Gasteiger partial charge on any atom is -0.467 e. The molecule has 134 valence electrons. The fourth-order valence-corrected chi connectivity index (χ4v) is 2.76. The van der Waals surface area contributed by atoms with Gasteiger partial charge >= 0.3 is 6.61 Å². The number of nitrogens with one attached hydrogen (secondary N) is 1. The molecule has 0 bridgehead atoms. The molecular weight excluding hydrogens is 354 g/mol. The van der Waals surface area contributed by atoms with Crippen molar-refractivity contribution in [2.24, 2.45) is 0 Å². The van der Waals surface area contributed by atoms with Crippen molar-refractivity contribution in [1.82, 2.24) is 14.6 Å². The predicted octanol–water partition coefficient (Wildman–Crippen LogP) is 4.07. The van der Waals surface area contributed by atoms with E-state index in [2.05, 4.69) is 20.1 Å². The van der Waals surface area contributed by atoms with Crippen LogP contribution in [0, 0.1) is 6.92 Å². The number of aryl methyl sites for hydroxylation is 2. The van der Waals surface area contributed by atoms with Crippen LogP contribution in [-0.4, -0.2) is 27.8 Å². The number of hydrogen-bond acceptors (Lipinski definition) is 5. The second-order valence-electron chi connectivity index (χ2n) is 5.45. The average Bonchev–Trinajstić information content (AvgIpc) is 3.19. The largest absolute Gasteiger partial charge is 0.467 e. The summed E-state index contributed by atoms with van der Waals surface area (Å²) in [5, 5.41) is 7.51. The maximum atomic E-state index is 12.0. The van der Waals surface area contributed by atoms with E-state index in [9.17, 15) is 8.78 Å². The molecule has 3 heterocycles. The van der Waals surface area contributed by atoms with Crippen LogP contribution < -0.4 is 5.32 Å². The molecule has 0 aromatic carbocycles. The van der Waals surface area contributed by atoms with Crippen molar-refractivity contribution >= 4 is 22.9 Å². The lowest BCUT2D eigenvalue weighted by atomic mass is 10.1. The highest BCUT2D eigenvalue weighted by atomic mass is 35.5. The molecule has 0 saturated carbocycles. The van der Waals surface area contributed by atoms with Crippen LogP contribution in [0.15, 0.2) is 28.9 Å². The number of alkyl halides is 2. The third-order valence-corrected chi connectivity index (χ3v) is 3.96. The summed E-state index contributed by atoms with van der Waals surface area (Å²) in [6.07, 6.45) is 2.68. The van der Waals surface area contributed by atoms with E-state index < -0.39 is 6.61 Å². The Balaban J connectivity index is 1.79. The van der Waals surface area contributed by atoms with Gasteiger partial charge in [0.05, 0.1) is 19.4 Å². The van der Waals surface area contributed by atoms with E-state index in [1.54, 1.807) is 16.8 Å². The van der Waals surface area contributed by atoms with E-state index in [-0.39, 0.29) is 11.9 Å². The number of nitrogens with zero attached hydrogens (tertiary/aromatic N) is 3. The van der Waals surface area contributed by atoms with Gasteiger partial charge in [-0.25, -0.2) is 4.52 Å². The van der Waals surface area contributed by atoms with Crippen LogP contribution in [0.25, 0.3) is 5.52 Å². The van der Waals surface area contributed by atoms with Gasteiger partial charge in [0.2, 0.25) is 5.28 Å². The fourth-order valence-electron chi connectivity index (χ4n) is 2.60. The molecule has 0 unspecified atom stereocenters. The Morgan fingerprint density at radius 2 is 2.28 bits per heavy atom. The van der Waals surface area contributed by atoms with Crippen molar-refractivity contribution in [3.8, 4) is 0 Å². The second kappa shape index (κ2) is 7.79. The maximum absolute atomic E-state index is 12.0. The van der Waals surface area contributed by atoms with Gasteiger partial charge in [-0.2, -0.15) is 13.8 Å². The van der Waals surface area contributed by atoms with Crippen molar-refractivity contribution in [3.63, 3.8) is 0 Å². The van der Waals surface area contributed by atoms with Crippen molar-refractivity contribution in [2.75, 3.05) is 11.9 Å². The summed E-state index contributed by atoms with van der Waals surface area (Å²) in [7, 11) is 0. The lowest BCUT2D eigenvalue weighted by Crippen LogP contribution is -2.06. The second-order valence-corrected chi connectivity index (χ2v) is 5.79. The molecule has 9 heteroatoms. The van der Waals surface area contributed by atoms with Crippen molar-refractivity contribution in [3.05, 3.63) is 46.8 Å². The average molecular weight is 371 g/mol. The summed E-state index contributed by atoms with van der Waals surface area (Å²) >= 11 is 6.02. The molecule has 3 aromatic rings. The number of aromatic nitrogens is 3. The molecule has 0 saturated heterocycles. The van der Waals surface area contributed by atoms with Gasteiger partial charge in [0.1, 0.15) is 11.3 Å². The van der Waals surface area contributed by atoms with Crippen LogP contribution >= 0.6 is 11.6 Å². The first-order valence-corrected chi connectivity index (χ1v) is 8.13. The van der Waals surface area contributed by atoms with Gasteiger partial charge in [0, 0.05) is 5.69 Å². The van der Waals surface area contributed by atoms with Gasteiger partial charge in [-0.1, -0.05) is 0 Å². The van der Waals surface area contributed by atoms with E-state index in [4.69, 9.17) is 16.0 Å². The van der Waals surface area contributed by atoms with Crippen LogP contribution in [0.2, 0.25) is 5.28 Å². The van der Waals surface area contributed by atoms with Gasteiger partial charge < -0.3 is 14.5 Å². The molecule has 0 amide bonds. The molecule has 0 aliphatic rings. The Morgan fingerprint density at radius 3 is 3.00 bits per heavy atom. The normalized spacial score (nSPS) is 11.6. The molecule has 0 fully saturated rings. The summed E-state index contributed by atoms with van der Waals surface area (Å²) < 4.78 is 35.3. The standard InChI is InChI=1S/C16H17ClF2N4O2/c1-10-11(4-2-7-25-16(18)19)8-13-14(21-15(17)22-23(10)13)20-9-12-5-3-6-24-12/h3,5-6,8,16H,2,4,7,9H2,1H3,(H,20,21,22). The van der Waals surface area contributed by atoms with Crippen LogP contribution in [0.3, 0.4) is 0 Å². The number of anilines is 1. The summed E-state index contributed by atoms with van der Waals surface area (Å²) in [6.45, 7) is -0.385. The zero-order valence-corrected chi connectivity index (χ0v) is 14.3. The Morgan fingerprint density at radius 1 is 1.44 bits per heavy atom. The van der Waals surface area contributed by atoms with Gasteiger partial charge in [-0.3, -0.25) is 0 Å². The summed E-state index contributed by atoms with van der Waals surface area (Å²) in [6, 6.07) is 5.59. The lowest BCUT2D eigenvalue weighted by Gasteiger charge is -2.07. The number of rotatable bonds is 8. The highest BCUT2D eigenvalue weighted by Gasteiger charge is 2.14. The molecule has 3 rings (SSSR count). The molecule has 0 aliphatic heterocycles. The molecule has 0 spiro atoms. The molecule has 6 nitrogen and oxygen atoms in total. The molecule has 0 aliphatic carbocycles. The number of fused-ring (bicyclic) bond motifs is 1. The van der Waals surface area contributed by atoms with Gasteiger partial charge in [-0.15, -0.1) is 5.10 Å². The van der Waals surface area contributed by atoms with Gasteiger partial charge in [0.25, 0.3) is 0 Å². The fraction of sp³-hybridized carbons (Fsp3) is 0.375. The molecule has 0 atom stereocenters. The van der Waals surface area contributed by atoms with Crippen LogP contribution in [0.4, 0.5) is 14.6 Å². The maximum Gasteiger partial charge on any atom is 0.345 e. The summed E-state index contributed by atoms with van der Waals surface area (Å²) in [4.78, 5) is 4.23. The minimum absolute atomic E-state index is 0.000661. The third kappa shape index (κ3) is 4.26. The number of halogens is 3. The Bertz CT molecular complexity index is 836. The number of ether oxygens (including phenoxy) is 1. The number of hydrogen-bond donors (Lipinski definition) is 1. The first-order chi connectivity index (χ1) is 12.0. The first-order valence-electron chi connectivity index (χ1n) is 7.75. The van der Waals surface area contributed by atoms with Crippen LogP contribution in [0.5, 0.6) is 0 Å². The van der Waals surface area contributed by atoms with Gasteiger partial charge in [-0.05, 0) is 55.1 Å². The lowest BCUT2D eigenvalue weighted by molar-refractivity contribution is -0.129. The highest BCUT2D eigenvalue weighted by Crippen LogP contribution is 2.24. The van der Waals surface area contributed by atoms with Crippen molar-refractivity contribution in [1.29, 1.82) is 0 Å². The van der Waals surface area contributed by atoms with Crippen LogP contribution in [-0.2, 0) is 17.7 Å². The number of furan rings is 1. The Labute approximate surface area is 147 Å². The van der Waals surface area contributed by atoms with Crippen molar-refractivity contribution < 1.29 is 17.9 Å². The summed E-state index contributed by atoms with van der Waals surface area (Å²) in [5.41, 5.74) is 2.63.